The molecule has 3 rings (SSSR count). The van der Waals surface area contributed by atoms with Crippen molar-refractivity contribution < 1.29 is 4.79 Å². The van der Waals surface area contributed by atoms with Crippen LogP contribution in [0.5, 0.6) is 0 Å². The first-order chi connectivity index (χ1) is 12.2. The number of likely N-dealkylation sites (N-methyl/N-ethyl adjacent to an activating group) is 1. The topological polar surface area (TPSA) is 76.8 Å². The van der Waals surface area contributed by atoms with Crippen molar-refractivity contribution in [2.75, 3.05) is 7.05 Å². The van der Waals surface area contributed by atoms with Gasteiger partial charge in [0, 0.05) is 37.7 Å². The van der Waals surface area contributed by atoms with Crippen molar-refractivity contribution in [1.29, 1.82) is 0 Å². The Kier molecular flexibility index (Phi) is 5.25. The molecule has 1 aromatic carbocycles. The van der Waals surface area contributed by atoms with Crippen molar-refractivity contribution >= 4 is 5.91 Å². The van der Waals surface area contributed by atoms with E-state index in [0.29, 0.717) is 13.1 Å². The van der Waals surface area contributed by atoms with Crippen molar-refractivity contribution in [3.05, 3.63) is 71.8 Å². The third-order valence-electron chi connectivity index (χ3n) is 4.07. The van der Waals surface area contributed by atoms with E-state index in [0.717, 1.165) is 16.7 Å². The molecule has 7 nitrogen and oxygen atoms in total. The summed E-state index contributed by atoms with van der Waals surface area (Å²) in [6, 6.07) is 9.53. The van der Waals surface area contributed by atoms with Gasteiger partial charge in [-0.05, 0) is 24.2 Å². The number of nitrogens with one attached hydrogen (secondary N) is 2. The first kappa shape index (κ1) is 16.9. The van der Waals surface area contributed by atoms with Gasteiger partial charge < -0.3 is 10.6 Å². The number of rotatable bonds is 7. The minimum atomic E-state index is -0.424. The van der Waals surface area contributed by atoms with Crippen molar-refractivity contribution in [2.24, 2.45) is 7.05 Å². The Hall–Kier alpha value is -2.93. The first-order valence-electron chi connectivity index (χ1n) is 8.15. The molecule has 1 atom stereocenters. The molecule has 0 spiro atoms. The third-order valence-corrected chi connectivity index (χ3v) is 4.07. The predicted octanol–water partition coefficient (Wildman–Crippen LogP) is 1.24. The van der Waals surface area contributed by atoms with Crippen LogP contribution in [-0.2, 0) is 24.9 Å². The Balaban J connectivity index is 1.67. The Morgan fingerprint density at radius 3 is 2.64 bits per heavy atom. The Bertz CT molecular complexity index is 824. The maximum Gasteiger partial charge on any atom is 0.242 e. The lowest BCUT2D eigenvalue weighted by atomic mass is 10.1. The van der Waals surface area contributed by atoms with E-state index in [4.69, 9.17) is 0 Å². The highest BCUT2D eigenvalue weighted by atomic mass is 16.2. The van der Waals surface area contributed by atoms with E-state index in [2.05, 4.69) is 26.9 Å². The second-order valence-corrected chi connectivity index (χ2v) is 5.86. The van der Waals surface area contributed by atoms with E-state index >= 15 is 0 Å². The van der Waals surface area contributed by atoms with Crippen LogP contribution >= 0.6 is 0 Å². The van der Waals surface area contributed by atoms with Gasteiger partial charge in [-0.15, -0.1) is 0 Å². The van der Waals surface area contributed by atoms with Crippen LogP contribution in [0, 0.1) is 0 Å². The molecule has 0 bridgehead atoms. The molecule has 0 radical (unpaired) electrons. The lowest BCUT2D eigenvalue weighted by molar-refractivity contribution is -0.123. The number of hydrogen-bond donors (Lipinski definition) is 2. The van der Waals surface area contributed by atoms with Crippen LogP contribution in [0.3, 0.4) is 0 Å². The van der Waals surface area contributed by atoms with Crippen LogP contribution in [0.4, 0.5) is 0 Å². The van der Waals surface area contributed by atoms with Crippen LogP contribution in [0.1, 0.15) is 22.7 Å². The summed E-state index contributed by atoms with van der Waals surface area (Å²) in [5.74, 6) is -0.0793. The molecule has 1 unspecified atom stereocenters. The lowest BCUT2D eigenvalue weighted by Gasteiger charge is -2.16. The molecule has 0 saturated carbocycles. The molecule has 0 aliphatic carbocycles. The number of carbonyl (C=O) groups excluding carboxylic acids is 1. The zero-order valence-electron chi connectivity index (χ0n) is 14.4. The van der Waals surface area contributed by atoms with Crippen molar-refractivity contribution in [3.63, 3.8) is 0 Å². The second kappa shape index (κ2) is 7.76. The maximum atomic E-state index is 12.6. The largest absolute Gasteiger partial charge is 0.350 e. The minimum absolute atomic E-state index is 0.0793. The fraction of sp³-hybridized carbons (Fsp3) is 0.278. The molecule has 25 heavy (non-hydrogen) atoms. The second-order valence-electron chi connectivity index (χ2n) is 5.86. The Morgan fingerprint density at radius 2 is 2.00 bits per heavy atom. The maximum absolute atomic E-state index is 12.6. The van der Waals surface area contributed by atoms with Gasteiger partial charge in [0.15, 0.2) is 0 Å². The van der Waals surface area contributed by atoms with Gasteiger partial charge >= 0.3 is 0 Å². The summed E-state index contributed by atoms with van der Waals surface area (Å²) < 4.78 is 3.55. The third kappa shape index (κ3) is 4.13. The number of aromatic nitrogens is 4. The van der Waals surface area contributed by atoms with Crippen LogP contribution < -0.4 is 10.6 Å². The minimum Gasteiger partial charge on any atom is -0.350 e. The number of amides is 1. The van der Waals surface area contributed by atoms with E-state index < -0.39 is 6.04 Å². The monoisotopic (exact) mass is 338 g/mol. The van der Waals surface area contributed by atoms with Crippen molar-refractivity contribution in [1.82, 2.24) is 30.2 Å². The fourth-order valence-electron chi connectivity index (χ4n) is 2.78. The Labute approximate surface area is 146 Å². The summed E-state index contributed by atoms with van der Waals surface area (Å²) in [5.41, 5.74) is 3.05. The average Bonchev–Trinajstić information content (AvgIpc) is 3.27. The number of aryl methyl sites for hydroxylation is 1. The molecule has 2 aromatic heterocycles. The molecule has 130 valence electrons. The van der Waals surface area contributed by atoms with Crippen LogP contribution in [0.15, 0.2) is 55.1 Å². The number of carbonyl (C=O) groups is 1. The van der Waals surface area contributed by atoms with Gasteiger partial charge in [-0.3, -0.25) is 14.2 Å². The highest BCUT2D eigenvalue weighted by molar-refractivity contribution is 5.83. The average molecular weight is 338 g/mol. The number of benzene rings is 1. The number of hydrogen-bond acceptors (Lipinski definition) is 4. The molecular formula is C18H22N6O. The lowest BCUT2D eigenvalue weighted by Crippen LogP contribution is -2.35. The molecule has 1 amide bonds. The zero-order valence-corrected chi connectivity index (χ0v) is 14.4. The predicted molar refractivity (Wildman–Crippen MR) is 94.6 cm³/mol. The molecule has 0 aliphatic rings. The SMILES string of the molecule is CNC(C(=O)NCc1ccccc1Cn1cccn1)c1cnn(C)c1. The van der Waals surface area contributed by atoms with E-state index in [1.165, 1.54) is 0 Å². The van der Waals surface area contributed by atoms with Crippen LogP contribution in [0.25, 0.3) is 0 Å². The highest BCUT2D eigenvalue weighted by Crippen LogP contribution is 2.13. The number of nitrogens with zero attached hydrogens (tertiary/aromatic N) is 4. The molecule has 3 aromatic rings. The van der Waals surface area contributed by atoms with Gasteiger partial charge in [0.25, 0.3) is 0 Å². The van der Waals surface area contributed by atoms with Crippen molar-refractivity contribution in [2.45, 2.75) is 19.1 Å². The first-order valence-corrected chi connectivity index (χ1v) is 8.15. The summed E-state index contributed by atoms with van der Waals surface area (Å²) in [7, 11) is 3.60. The summed E-state index contributed by atoms with van der Waals surface area (Å²) >= 11 is 0. The van der Waals surface area contributed by atoms with Gasteiger partial charge in [0.2, 0.25) is 5.91 Å². The summed E-state index contributed by atoms with van der Waals surface area (Å²) in [6.07, 6.45) is 7.23. The van der Waals surface area contributed by atoms with Gasteiger partial charge in [0.1, 0.15) is 6.04 Å². The van der Waals surface area contributed by atoms with Crippen molar-refractivity contribution in [3.8, 4) is 0 Å². The molecule has 0 saturated heterocycles. The van der Waals surface area contributed by atoms with E-state index in [1.807, 2.05) is 48.4 Å². The fourth-order valence-corrected chi connectivity index (χ4v) is 2.78. The van der Waals surface area contributed by atoms with E-state index in [9.17, 15) is 4.79 Å². The highest BCUT2D eigenvalue weighted by Gasteiger charge is 2.20. The normalized spacial score (nSPS) is 12.1. The summed E-state index contributed by atoms with van der Waals surface area (Å²) in [5, 5.41) is 14.4. The molecular weight excluding hydrogens is 316 g/mol. The smallest absolute Gasteiger partial charge is 0.242 e. The Morgan fingerprint density at radius 1 is 1.20 bits per heavy atom. The summed E-state index contributed by atoms with van der Waals surface area (Å²) in [4.78, 5) is 12.6. The van der Waals surface area contributed by atoms with Gasteiger partial charge in [-0.2, -0.15) is 10.2 Å². The molecule has 7 heteroatoms. The van der Waals surface area contributed by atoms with Gasteiger partial charge in [-0.1, -0.05) is 24.3 Å². The molecule has 0 aliphatic heterocycles. The zero-order chi connectivity index (χ0) is 17.6. The standard InChI is InChI=1S/C18H22N6O/c1-19-17(16-11-22-23(2)12-16)18(25)20-10-14-6-3-4-7-15(14)13-24-9-5-8-21-24/h3-9,11-12,17,19H,10,13H2,1-2H3,(H,20,25). The molecule has 2 N–H and O–H groups in total. The van der Waals surface area contributed by atoms with Crippen LogP contribution in [0.2, 0.25) is 0 Å². The van der Waals surface area contributed by atoms with E-state index in [-0.39, 0.29) is 5.91 Å². The van der Waals surface area contributed by atoms with E-state index in [1.54, 1.807) is 24.1 Å². The van der Waals surface area contributed by atoms with Gasteiger partial charge in [-0.25, -0.2) is 0 Å². The molecule has 0 fully saturated rings. The van der Waals surface area contributed by atoms with Gasteiger partial charge in [0.05, 0.1) is 12.7 Å². The molecule has 2 heterocycles. The quantitative estimate of drug-likeness (QED) is 0.680. The van der Waals surface area contributed by atoms with Crippen LogP contribution in [-0.4, -0.2) is 32.5 Å². The summed E-state index contributed by atoms with van der Waals surface area (Å²) in [6.45, 7) is 1.14.